The lowest BCUT2D eigenvalue weighted by Crippen LogP contribution is -1.59. The van der Waals surface area contributed by atoms with Crippen molar-refractivity contribution in [3.63, 3.8) is 0 Å². The molecular weight excluding hydrogens is 110 g/mol. The highest BCUT2D eigenvalue weighted by Crippen LogP contribution is 1.94. The van der Waals surface area contributed by atoms with E-state index >= 15 is 0 Å². The molecule has 0 fully saturated rings. The molecule has 1 nitrogen and oxygen atoms in total. The van der Waals surface area contributed by atoms with Crippen LogP contribution in [-0.2, 0) is 0 Å². The van der Waals surface area contributed by atoms with Crippen molar-refractivity contribution in [3.8, 4) is 0 Å². The molecule has 0 heterocycles. The highest BCUT2D eigenvalue weighted by Gasteiger charge is 1.69. The lowest BCUT2D eigenvalue weighted by Gasteiger charge is -1.74. The third-order valence-electron chi connectivity index (χ3n) is 0.320. The van der Waals surface area contributed by atoms with Crippen LogP contribution in [0.2, 0.25) is 0 Å². The van der Waals surface area contributed by atoms with Gasteiger partial charge in [0.05, 0.1) is 0 Å². The molecule has 0 N–H and O–H groups in total. The van der Waals surface area contributed by atoms with Crippen LogP contribution in [0, 0.1) is 0 Å². The van der Waals surface area contributed by atoms with Crippen molar-refractivity contribution < 1.29 is 0 Å². The Balaban J connectivity index is 3.46. The zero-order valence-electron chi connectivity index (χ0n) is 3.89. The Bertz CT molecular complexity index is 105. The minimum atomic E-state index is 0.278. The van der Waals surface area contributed by atoms with E-state index in [1.165, 1.54) is 12.3 Å². The van der Waals surface area contributed by atoms with Gasteiger partial charge in [-0.15, -0.1) is 0 Å². The largest absolute Gasteiger partial charge is 0.245 e. The van der Waals surface area contributed by atoms with Crippen molar-refractivity contribution in [1.82, 2.24) is 0 Å². The van der Waals surface area contributed by atoms with E-state index in [1.807, 2.05) is 0 Å². The van der Waals surface area contributed by atoms with Crippen LogP contribution in [0.5, 0.6) is 0 Å². The quantitative estimate of drug-likeness (QED) is 0.385. The predicted octanol–water partition coefficient (Wildman–Crippen LogP) is 1.95. The van der Waals surface area contributed by atoms with Crippen LogP contribution in [0.25, 0.3) is 0 Å². The molecule has 0 aliphatic heterocycles. The zero-order chi connectivity index (χ0) is 5.70. The summed E-state index contributed by atoms with van der Waals surface area (Å²) in [5.41, 5.74) is 0. The Kier molecular flexibility index (Phi) is 3.33. The number of allylic oxidation sites excluding steroid dienone is 1. The summed E-state index contributed by atoms with van der Waals surface area (Å²) < 4.78 is 0. The molecular formula is C5H6ClN. The number of halogens is 1. The van der Waals surface area contributed by atoms with Crippen molar-refractivity contribution >= 4 is 17.8 Å². The smallest absolute Gasteiger partial charge is 0.121 e. The molecule has 0 aliphatic carbocycles. The van der Waals surface area contributed by atoms with Crippen LogP contribution in [0.1, 0.15) is 0 Å². The Morgan fingerprint density at radius 3 is 2.43 bits per heavy atom. The monoisotopic (exact) mass is 115 g/mol. The van der Waals surface area contributed by atoms with Gasteiger partial charge >= 0.3 is 0 Å². The second-order valence-electron chi connectivity index (χ2n) is 0.890. The molecule has 0 amide bonds. The van der Waals surface area contributed by atoms with Gasteiger partial charge < -0.3 is 0 Å². The fourth-order valence-electron chi connectivity index (χ4n) is 0.134. The molecule has 0 saturated heterocycles. The van der Waals surface area contributed by atoms with Crippen molar-refractivity contribution in [2.75, 3.05) is 0 Å². The first-order valence-corrected chi connectivity index (χ1v) is 2.14. The first kappa shape index (κ1) is 6.44. The van der Waals surface area contributed by atoms with E-state index in [0.717, 1.165) is 0 Å². The van der Waals surface area contributed by atoms with E-state index in [2.05, 4.69) is 18.2 Å². The SMILES string of the molecule is C=CC=NC(=C)Cl. The lowest BCUT2D eigenvalue weighted by molar-refractivity contribution is 1.57. The van der Waals surface area contributed by atoms with Gasteiger partial charge in [-0.3, -0.25) is 0 Å². The summed E-state index contributed by atoms with van der Waals surface area (Å²) in [6.45, 7) is 6.70. The summed E-state index contributed by atoms with van der Waals surface area (Å²) >= 11 is 5.22. The molecule has 0 radical (unpaired) electrons. The molecule has 0 unspecified atom stereocenters. The standard InChI is InChI=1S/C5H6ClN/c1-3-4-7-5(2)6/h3-4H,1-2H2. The van der Waals surface area contributed by atoms with Crippen molar-refractivity contribution in [3.05, 3.63) is 24.4 Å². The van der Waals surface area contributed by atoms with E-state index in [4.69, 9.17) is 11.6 Å². The summed E-state index contributed by atoms with van der Waals surface area (Å²) in [6, 6.07) is 0. The van der Waals surface area contributed by atoms with Crippen molar-refractivity contribution in [1.29, 1.82) is 0 Å². The molecule has 0 bridgehead atoms. The molecule has 0 aromatic rings. The Morgan fingerprint density at radius 2 is 2.29 bits per heavy atom. The zero-order valence-corrected chi connectivity index (χ0v) is 4.65. The average Bonchev–Trinajstić information content (AvgIpc) is 1.61. The molecule has 7 heavy (non-hydrogen) atoms. The van der Waals surface area contributed by atoms with Gasteiger partial charge in [-0.05, 0) is 0 Å². The van der Waals surface area contributed by atoms with Crippen LogP contribution in [-0.4, -0.2) is 6.21 Å². The first-order valence-electron chi connectivity index (χ1n) is 1.77. The van der Waals surface area contributed by atoms with E-state index in [-0.39, 0.29) is 5.16 Å². The highest BCUT2D eigenvalue weighted by atomic mass is 35.5. The van der Waals surface area contributed by atoms with Gasteiger partial charge in [-0.25, -0.2) is 4.99 Å². The third-order valence-corrected chi connectivity index (χ3v) is 0.418. The molecule has 38 valence electrons. The number of hydrogen-bond acceptors (Lipinski definition) is 1. The first-order chi connectivity index (χ1) is 3.27. The Hall–Kier alpha value is -0.560. The molecule has 0 atom stereocenters. The molecule has 0 rings (SSSR count). The van der Waals surface area contributed by atoms with Gasteiger partial charge in [0.15, 0.2) is 0 Å². The minimum absolute atomic E-state index is 0.278. The number of aliphatic imine (C=N–C) groups is 1. The fraction of sp³-hybridized carbons (Fsp3) is 0. The number of rotatable bonds is 2. The topological polar surface area (TPSA) is 12.4 Å². The summed E-state index contributed by atoms with van der Waals surface area (Å²) in [5, 5.41) is 0.278. The second kappa shape index (κ2) is 3.62. The summed E-state index contributed by atoms with van der Waals surface area (Å²) in [4.78, 5) is 3.57. The molecule has 0 aromatic heterocycles. The Morgan fingerprint density at radius 1 is 1.71 bits per heavy atom. The third kappa shape index (κ3) is 5.44. The molecule has 0 saturated carbocycles. The van der Waals surface area contributed by atoms with Gasteiger partial charge in [-0.1, -0.05) is 30.8 Å². The van der Waals surface area contributed by atoms with Crippen LogP contribution in [0.3, 0.4) is 0 Å². The van der Waals surface area contributed by atoms with Crippen LogP contribution >= 0.6 is 11.6 Å². The molecule has 0 aromatic carbocycles. The molecule has 0 spiro atoms. The van der Waals surface area contributed by atoms with Crippen molar-refractivity contribution in [2.24, 2.45) is 4.99 Å². The second-order valence-corrected chi connectivity index (χ2v) is 1.33. The van der Waals surface area contributed by atoms with E-state index < -0.39 is 0 Å². The van der Waals surface area contributed by atoms with Gasteiger partial charge in [0.2, 0.25) is 0 Å². The molecule has 2 heteroatoms. The highest BCUT2D eigenvalue weighted by molar-refractivity contribution is 6.29. The summed E-state index contributed by atoms with van der Waals surface area (Å²) in [5.74, 6) is 0. The van der Waals surface area contributed by atoms with Gasteiger partial charge in [-0.2, -0.15) is 0 Å². The van der Waals surface area contributed by atoms with E-state index in [9.17, 15) is 0 Å². The lowest BCUT2D eigenvalue weighted by atomic mass is 10.7. The number of hydrogen-bond donors (Lipinski definition) is 0. The predicted molar refractivity (Wildman–Crippen MR) is 33.7 cm³/mol. The van der Waals surface area contributed by atoms with Gasteiger partial charge in [0, 0.05) is 6.21 Å². The van der Waals surface area contributed by atoms with Crippen LogP contribution in [0.15, 0.2) is 29.4 Å². The summed E-state index contributed by atoms with van der Waals surface area (Å²) in [7, 11) is 0. The van der Waals surface area contributed by atoms with Crippen molar-refractivity contribution in [2.45, 2.75) is 0 Å². The van der Waals surface area contributed by atoms with Crippen LogP contribution < -0.4 is 0 Å². The summed E-state index contributed by atoms with van der Waals surface area (Å²) in [6.07, 6.45) is 3.02. The van der Waals surface area contributed by atoms with Crippen LogP contribution in [0.4, 0.5) is 0 Å². The van der Waals surface area contributed by atoms with E-state index in [0.29, 0.717) is 0 Å². The number of nitrogens with zero attached hydrogens (tertiary/aromatic N) is 1. The van der Waals surface area contributed by atoms with E-state index in [1.54, 1.807) is 0 Å². The normalized spacial score (nSPS) is 9.29. The minimum Gasteiger partial charge on any atom is -0.245 e. The maximum absolute atomic E-state index is 5.22. The Labute approximate surface area is 48.0 Å². The van der Waals surface area contributed by atoms with Gasteiger partial charge in [0.25, 0.3) is 0 Å². The average molecular weight is 116 g/mol. The maximum Gasteiger partial charge on any atom is 0.121 e. The fourth-order valence-corrected chi connectivity index (χ4v) is 0.190. The van der Waals surface area contributed by atoms with Gasteiger partial charge in [0.1, 0.15) is 5.16 Å². The maximum atomic E-state index is 5.22. The molecule has 0 aliphatic rings.